The van der Waals surface area contributed by atoms with Crippen LogP contribution in [0.15, 0.2) is 65.2 Å². The molecule has 4 heteroatoms. The van der Waals surface area contributed by atoms with Crippen molar-refractivity contribution in [2.24, 2.45) is 0 Å². The van der Waals surface area contributed by atoms with Crippen molar-refractivity contribution in [1.82, 2.24) is 9.55 Å². The van der Waals surface area contributed by atoms with E-state index in [2.05, 4.69) is 11.1 Å². The van der Waals surface area contributed by atoms with Crippen molar-refractivity contribution in [3.8, 4) is 0 Å². The fourth-order valence-corrected chi connectivity index (χ4v) is 2.88. The summed E-state index contributed by atoms with van der Waals surface area (Å²) in [6.07, 6.45) is 1.84. The zero-order chi connectivity index (χ0) is 14.2. The van der Waals surface area contributed by atoms with Crippen molar-refractivity contribution >= 4 is 34.2 Å². The third kappa shape index (κ3) is 2.04. The summed E-state index contributed by atoms with van der Waals surface area (Å²) in [6, 6.07) is 18.1. The predicted molar refractivity (Wildman–Crippen MR) is 85.9 cm³/mol. The van der Waals surface area contributed by atoms with Crippen LogP contribution < -0.4 is 0 Å². The third-order valence-corrected chi connectivity index (χ3v) is 3.95. The van der Waals surface area contributed by atoms with Crippen molar-refractivity contribution in [3.05, 3.63) is 71.2 Å². The van der Waals surface area contributed by atoms with Gasteiger partial charge in [0.2, 0.25) is 0 Å². The maximum absolute atomic E-state index is 5.65. The third-order valence-electron chi connectivity index (χ3n) is 3.64. The molecule has 0 N–H and O–H groups in total. The standard InChI is InChI=1S/C17H12N2OS/c21-17-19(15-7-3-4-8-16(15)20-17)11-12-9-10-18-14-6-2-1-5-13(12)14/h1-10H,11H2. The summed E-state index contributed by atoms with van der Waals surface area (Å²) < 4.78 is 7.67. The molecule has 21 heavy (non-hydrogen) atoms. The molecule has 3 nitrogen and oxygen atoms in total. The molecular weight excluding hydrogens is 280 g/mol. The summed E-state index contributed by atoms with van der Waals surface area (Å²) in [5, 5.41) is 1.15. The number of oxazole rings is 1. The van der Waals surface area contributed by atoms with E-state index in [1.807, 2.05) is 59.3 Å². The number of para-hydroxylation sites is 3. The van der Waals surface area contributed by atoms with E-state index in [-0.39, 0.29) is 0 Å². The summed E-state index contributed by atoms with van der Waals surface area (Å²) in [5.41, 5.74) is 4.02. The number of benzene rings is 2. The van der Waals surface area contributed by atoms with Gasteiger partial charge in [-0.1, -0.05) is 30.3 Å². The van der Waals surface area contributed by atoms with Crippen molar-refractivity contribution in [2.45, 2.75) is 6.54 Å². The highest BCUT2D eigenvalue weighted by Gasteiger charge is 2.08. The largest absolute Gasteiger partial charge is 0.429 e. The van der Waals surface area contributed by atoms with Crippen LogP contribution in [-0.2, 0) is 6.54 Å². The molecule has 2 aromatic heterocycles. The first-order chi connectivity index (χ1) is 10.3. The Kier molecular flexibility index (Phi) is 2.82. The maximum Gasteiger partial charge on any atom is 0.269 e. The van der Waals surface area contributed by atoms with Crippen LogP contribution in [0.5, 0.6) is 0 Å². The summed E-state index contributed by atoms with van der Waals surface area (Å²) in [7, 11) is 0. The zero-order valence-corrected chi connectivity index (χ0v) is 12.0. The van der Waals surface area contributed by atoms with Gasteiger partial charge >= 0.3 is 0 Å². The second-order valence-electron chi connectivity index (χ2n) is 4.91. The smallest absolute Gasteiger partial charge is 0.269 e. The monoisotopic (exact) mass is 292 g/mol. The number of hydrogen-bond acceptors (Lipinski definition) is 3. The minimum absolute atomic E-state index is 0.497. The van der Waals surface area contributed by atoms with Crippen LogP contribution in [0.2, 0.25) is 0 Å². The van der Waals surface area contributed by atoms with Gasteiger partial charge in [-0.3, -0.25) is 9.55 Å². The molecular formula is C17H12N2OS. The molecule has 2 aromatic carbocycles. The van der Waals surface area contributed by atoms with Crippen LogP contribution in [0.25, 0.3) is 22.0 Å². The van der Waals surface area contributed by atoms with Crippen LogP contribution in [0, 0.1) is 4.84 Å². The van der Waals surface area contributed by atoms with Crippen molar-refractivity contribution < 1.29 is 4.42 Å². The first kappa shape index (κ1) is 12.3. The van der Waals surface area contributed by atoms with E-state index in [1.54, 1.807) is 0 Å². The Balaban J connectivity index is 1.91. The number of hydrogen-bond donors (Lipinski definition) is 0. The molecule has 0 aliphatic heterocycles. The number of pyridine rings is 1. The van der Waals surface area contributed by atoms with Crippen LogP contribution >= 0.6 is 12.2 Å². The topological polar surface area (TPSA) is 31.0 Å². The van der Waals surface area contributed by atoms with Gasteiger partial charge in [0.25, 0.3) is 4.84 Å². The molecule has 0 fully saturated rings. The number of rotatable bonds is 2. The van der Waals surface area contributed by atoms with Crippen molar-refractivity contribution in [3.63, 3.8) is 0 Å². The second kappa shape index (κ2) is 4.82. The average molecular weight is 292 g/mol. The normalized spacial score (nSPS) is 11.2. The van der Waals surface area contributed by atoms with Crippen LogP contribution in [0.1, 0.15) is 5.56 Å². The highest BCUT2D eigenvalue weighted by Crippen LogP contribution is 2.22. The Bertz CT molecular complexity index is 995. The lowest BCUT2D eigenvalue weighted by Gasteiger charge is -2.07. The predicted octanol–water partition coefficient (Wildman–Crippen LogP) is 4.56. The Morgan fingerprint density at radius 2 is 1.81 bits per heavy atom. The van der Waals surface area contributed by atoms with E-state index in [4.69, 9.17) is 16.6 Å². The van der Waals surface area contributed by atoms with Crippen LogP contribution in [0.3, 0.4) is 0 Å². The average Bonchev–Trinajstić information content (AvgIpc) is 2.84. The number of fused-ring (bicyclic) bond motifs is 2. The molecule has 0 saturated carbocycles. The molecule has 2 heterocycles. The molecule has 0 aliphatic rings. The molecule has 0 atom stereocenters. The lowest BCUT2D eigenvalue weighted by molar-refractivity contribution is 0.549. The van der Waals surface area contributed by atoms with Crippen molar-refractivity contribution in [1.29, 1.82) is 0 Å². The van der Waals surface area contributed by atoms with Gasteiger partial charge in [-0.25, -0.2) is 0 Å². The fraction of sp³-hybridized carbons (Fsp3) is 0.0588. The van der Waals surface area contributed by atoms with Crippen molar-refractivity contribution in [2.75, 3.05) is 0 Å². The summed E-state index contributed by atoms with van der Waals surface area (Å²) in [4.78, 5) is 4.89. The molecule has 0 saturated heterocycles. The van der Waals surface area contributed by atoms with Crippen LogP contribution in [0.4, 0.5) is 0 Å². The molecule has 0 bridgehead atoms. The molecule has 4 aromatic rings. The van der Waals surface area contributed by atoms with Gasteiger partial charge in [0.1, 0.15) is 0 Å². The Hall–Kier alpha value is -2.46. The summed E-state index contributed by atoms with van der Waals surface area (Å²) in [6.45, 7) is 0.679. The Labute approximate surface area is 126 Å². The van der Waals surface area contributed by atoms with Gasteiger partial charge in [0, 0.05) is 11.6 Å². The van der Waals surface area contributed by atoms with Gasteiger partial charge < -0.3 is 4.42 Å². The minimum Gasteiger partial charge on any atom is -0.429 e. The molecule has 0 unspecified atom stereocenters. The van der Waals surface area contributed by atoms with E-state index in [1.165, 1.54) is 5.56 Å². The molecule has 0 radical (unpaired) electrons. The molecule has 0 spiro atoms. The lowest BCUT2D eigenvalue weighted by atomic mass is 10.1. The minimum atomic E-state index is 0.497. The van der Waals surface area contributed by atoms with Gasteiger partial charge in [0.05, 0.1) is 17.6 Å². The van der Waals surface area contributed by atoms with Gasteiger partial charge in [0.15, 0.2) is 5.58 Å². The number of nitrogens with zero attached hydrogens (tertiary/aromatic N) is 2. The fourth-order valence-electron chi connectivity index (χ4n) is 2.63. The van der Waals surface area contributed by atoms with Gasteiger partial charge in [-0.15, -0.1) is 0 Å². The first-order valence-electron chi connectivity index (χ1n) is 6.74. The van der Waals surface area contributed by atoms with E-state index in [9.17, 15) is 0 Å². The van der Waals surface area contributed by atoms with Gasteiger partial charge in [-0.2, -0.15) is 0 Å². The van der Waals surface area contributed by atoms with E-state index in [0.29, 0.717) is 11.4 Å². The van der Waals surface area contributed by atoms with E-state index >= 15 is 0 Å². The maximum atomic E-state index is 5.65. The Morgan fingerprint density at radius 1 is 1.00 bits per heavy atom. The van der Waals surface area contributed by atoms with Crippen LogP contribution in [-0.4, -0.2) is 9.55 Å². The lowest BCUT2D eigenvalue weighted by Crippen LogP contribution is -2.00. The van der Waals surface area contributed by atoms with E-state index in [0.717, 1.165) is 22.0 Å². The zero-order valence-electron chi connectivity index (χ0n) is 11.2. The highest BCUT2D eigenvalue weighted by atomic mass is 32.1. The highest BCUT2D eigenvalue weighted by molar-refractivity contribution is 7.71. The quantitative estimate of drug-likeness (QED) is 0.507. The molecule has 0 amide bonds. The second-order valence-corrected chi connectivity index (χ2v) is 5.26. The SMILES string of the molecule is S=c1oc2ccccc2n1Cc1ccnc2ccccc12. The van der Waals surface area contributed by atoms with Gasteiger partial charge in [-0.05, 0) is 42.0 Å². The molecule has 4 rings (SSSR count). The summed E-state index contributed by atoms with van der Waals surface area (Å²) in [5.74, 6) is 0. The van der Waals surface area contributed by atoms with E-state index < -0.39 is 0 Å². The number of aromatic nitrogens is 2. The molecule has 0 aliphatic carbocycles. The first-order valence-corrected chi connectivity index (χ1v) is 7.15. The Morgan fingerprint density at radius 3 is 2.76 bits per heavy atom. The molecule has 102 valence electrons. The summed E-state index contributed by atoms with van der Waals surface area (Å²) >= 11 is 5.36.